The molecular formula is C20H26N4O3S. The number of hydrogen-bond acceptors (Lipinski definition) is 6. The third kappa shape index (κ3) is 3.71. The summed E-state index contributed by atoms with van der Waals surface area (Å²) in [6.45, 7) is 7.09. The molecule has 150 valence electrons. The Hall–Kier alpha value is -2.19. The van der Waals surface area contributed by atoms with Crippen LogP contribution in [0.2, 0.25) is 0 Å². The number of rotatable bonds is 4. The number of thiophene rings is 1. The first-order valence-corrected chi connectivity index (χ1v) is 10.6. The van der Waals surface area contributed by atoms with E-state index in [4.69, 9.17) is 4.52 Å². The summed E-state index contributed by atoms with van der Waals surface area (Å²) >= 11 is 1.66. The van der Waals surface area contributed by atoms with E-state index in [1.165, 1.54) is 10.4 Å². The molecule has 2 aromatic heterocycles. The SMILES string of the molecule is Cc1noc(C)c1CN1CCc2c(C(=O)N[C@@H]3CCC(=O)N(C)C3)csc2C1. The molecule has 0 aromatic carbocycles. The molecule has 2 aliphatic rings. The fraction of sp³-hybridized carbons (Fsp3) is 0.550. The molecule has 1 N–H and O–H groups in total. The predicted octanol–water partition coefficient (Wildman–Crippen LogP) is 2.26. The van der Waals surface area contributed by atoms with Crippen LogP contribution in [0, 0.1) is 13.8 Å². The second kappa shape index (κ2) is 7.67. The third-order valence-corrected chi connectivity index (χ3v) is 6.81. The highest BCUT2D eigenvalue weighted by molar-refractivity contribution is 7.10. The van der Waals surface area contributed by atoms with E-state index in [0.29, 0.717) is 19.4 Å². The highest BCUT2D eigenvalue weighted by atomic mass is 32.1. The summed E-state index contributed by atoms with van der Waals surface area (Å²) in [5, 5.41) is 9.15. The van der Waals surface area contributed by atoms with Gasteiger partial charge >= 0.3 is 0 Å². The summed E-state index contributed by atoms with van der Waals surface area (Å²) in [7, 11) is 1.79. The summed E-state index contributed by atoms with van der Waals surface area (Å²) in [6.07, 6.45) is 2.08. The molecule has 28 heavy (non-hydrogen) atoms. The van der Waals surface area contributed by atoms with Gasteiger partial charge in [0.2, 0.25) is 5.91 Å². The molecule has 0 unspecified atom stereocenters. The molecule has 4 heterocycles. The summed E-state index contributed by atoms with van der Waals surface area (Å²) < 4.78 is 5.28. The standard InChI is InChI=1S/C20H26N4O3S/c1-12-16(13(2)27-22-12)9-24-7-6-15-17(11-28-18(15)10-24)20(26)21-14-4-5-19(25)23(3)8-14/h11,14H,4-10H2,1-3H3,(H,21,26)/t14-/m1/s1. The zero-order valence-electron chi connectivity index (χ0n) is 16.6. The number of likely N-dealkylation sites (tertiary alicyclic amines) is 1. The van der Waals surface area contributed by atoms with E-state index in [9.17, 15) is 9.59 Å². The lowest BCUT2D eigenvalue weighted by atomic mass is 10.0. The fourth-order valence-corrected chi connectivity index (χ4v) is 5.17. The van der Waals surface area contributed by atoms with Crippen LogP contribution in [0.1, 0.15) is 50.7 Å². The Bertz CT molecular complexity index is 884. The minimum absolute atomic E-state index is 0.00979. The van der Waals surface area contributed by atoms with Gasteiger partial charge in [0.25, 0.3) is 5.91 Å². The Kier molecular flexibility index (Phi) is 5.25. The van der Waals surface area contributed by atoms with Gasteiger partial charge in [0.15, 0.2) is 0 Å². The van der Waals surface area contributed by atoms with Gasteiger partial charge in [-0.2, -0.15) is 0 Å². The van der Waals surface area contributed by atoms with Crippen molar-refractivity contribution < 1.29 is 14.1 Å². The minimum Gasteiger partial charge on any atom is -0.361 e. The van der Waals surface area contributed by atoms with E-state index in [2.05, 4.69) is 15.4 Å². The van der Waals surface area contributed by atoms with Gasteiger partial charge in [0, 0.05) is 61.5 Å². The molecule has 1 fully saturated rings. The van der Waals surface area contributed by atoms with Crippen molar-refractivity contribution in [2.24, 2.45) is 0 Å². The molecular weight excluding hydrogens is 376 g/mol. The van der Waals surface area contributed by atoms with Crippen molar-refractivity contribution in [1.82, 2.24) is 20.3 Å². The highest BCUT2D eigenvalue weighted by Gasteiger charge is 2.28. The molecule has 0 spiro atoms. The quantitative estimate of drug-likeness (QED) is 0.849. The van der Waals surface area contributed by atoms with Crippen LogP contribution in [0.25, 0.3) is 0 Å². The Balaban J connectivity index is 1.41. The molecule has 0 aliphatic carbocycles. The maximum Gasteiger partial charge on any atom is 0.252 e. The number of aromatic nitrogens is 1. The number of piperidine rings is 1. The first-order chi connectivity index (χ1) is 13.4. The van der Waals surface area contributed by atoms with Gasteiger partial charge in [-0.1, -0.05) is 5.16 Å². The summed E-state index contributed by atoms with van der Waals surface area (Å²) in [6, 6.07) is 0.0328. The monoisotopic (exact) mass is 402 g/mol. The molecule has 0 saturated carbocycles. The van der Waals surface area contributed by atoms with Gasteiger partial charge in [-0.3, -0.25) is 14.5 Å². The van der Waals surface area contributed by atoms with Gasteiger partial charge in [0.05, 0.1) is 11.3 Å². The average Bonchev–Trinajstić information content (AvgIpc) is 3.23. The van der Waals surface area contributed by atoms with Crippen molar-refractivity contribution in [2.45, 2.75) is 52.2 Å². The Labute approximate surface area is 168 Å². The smallest absolute Gasteiger partial charge is 0.252 e. The molecule has 4 rings (SSSR count). The van der Waals surface area contributed by atoms with E-state index in [-0.39, 0.29) is 17.9 Å². The van der Waals surface area contributed by atoms with Gasteiger partial charge < -0.3 is 14.7 Å². The predicted molar refractivity (Wildman–Crippen MR) is 106 cm³/mol. The van der Waals surface area contributed by atoms with Crippen molar-refractivity contribution in [3.63, 3.8) is 0 Å². The van der Waals surface area contributed by atoms with E-state index < -0.39 is 0 Å². The van der Waals surface area contributed by atoms with E-state index in [1.807, 2.05) is 19.2 Å². The lowest BCUT2D eigenvalue weighted by Crippen LogP contribution is -2.48. The third-order valence-electron chi connectivity index (χ3n) is 5.80. The maximum absolute atomic E-state index is 12.8. The number of likely N-dealkylation sites (N-methyl/N-ethyl adjacent to an activating group) is 1. The van der Waals surface area contributed by atoms with Crippen LogP contribution in [0.5, 0.6) is 0 Å². The lowest BCUT2D eigenvalue weighted by molar-refractivity contribution is -0.132. The van der Waals surface area contributed by atoms with Gasteiger partial charge in [-0.15, -0.1) is 11.3 Å². The Morgan fingerprint density at radius 2 is 2.21 bits per heavy atom. The maximum atomic E-state index is 12.8. The van der Waals surface area contributed by atoms with E-state index in [0.717, 1.165) is 48.6 Å². The van der Waals surface area contributed by atoms with Crippen molar-refractivity contribution in [1.29, 1.82) is 0 Å². The second-order valence-corrected chi connectivity index (χ2v) is 8.76. The van der Waals surface area contributed by atoms with Gasteiger partial charge in [-0.05, 0) is 32.3 Å². The number of fused-ring (bicyclic) bond motifs is 1. The summed E-state index contributed by atoms with van der Waals surface area (Å²) in [5.41, 5.74) is 4.09. The number of carbonyl (C=O) groups excluding carboxylic acids is 2. The number of nitrogens with one attached hydrogen (secondary N) is 1. The van der Waals surface area contributed by atoms with Gasteiger partial charge in [0.1, 0.15) is 5.76 Å². The molecule has 7 nitrogen and oxygen atoms in total. The van der Waals surface area contributed by atoms with Crippen LogP contribution in [0.3, 0.4) is 0 Å². The van der Waals surface area contributed by atoms with Crippen LogP contribution in [-0.4, -0.2) is 52.9 Å². The molecule has 2 aliphatic heterocycles. The van der Waals surface area contributed by atoms with Crippen molar-refractivity contribution in [3.05, 3.63) is 38.4 Å². The number of amides is 2. The van der Waals surface area contributed by atoms with E-state index in [1.54, 1.807) is 23.3 Å². The molecule has 2 amide bonds. The fourth-order valence-electron chi connectivity index (χ4n) is 4.05. The number of aryl methyl sites for hydroxylation is 2. The van der Waals surface area contributed by atoms with Crippen LogP contribution in [-0.2, 0) is 24.3 Å². The highest BCUT2D eigenvalue weighted by Crippen LogP contribution is 2.30. The number of nitrogens with zero attached hydrogens (tertiary/aromatic N) is 3. The normalized spacial score (nSPS) is 20.3. The van der Waals surface area contributed by atoms with E-state index >= 15 is 0 Å². The first-order valence-electron chi connectivity index (χ1n) is 9.70. The van der Waals surface area contributed by atoms with Crippen molar-refractivity contribution in [3.8, 4) is 0 Å². The second-order valence-electron chi connectivity index (χ2n) is 7.80. The molecule has 8 heteroatoms. The zero-order valence-corrected chi connectivity index (χ0v) is 17.4. The number of hydrogen-bond donors (Lipinski definition) is 1. The van der Waals surface area contributed by atoms with Gasteiger partial charge in [-0.25, -0.2) is 0 Å². The molecule has 2 aromatic rings. The topological polar surface area (TPSA) is 78.7 Å². The average molecular weight is 403 g/mol. The Morgan fingerprint density at radius 1 is 1.39 bits per heavy atom. The van der Waals surface area contributed by atoms with Crippen LogP contribution < -0.4 is 5.32 Å². The van der Waals surface area contributed by atoms with Crippen LogP contribution in [0.4, 0.5) is 0 Å². The molecule has 0 bridgehead atoms. The molecule has 1 atom stereocenters. The largest absolute Gasteiger partial charge is 0.361 e. The van der Waals surface area contributed by atoms with Crippen LogP contribution >= 0.6 is 11.3 Å². The van der Waals surface area contributed by atoms with Crippen molar-refractivity contribution in [2.75, 3.05) is 20.1 Å². The molecule has 1 saturated heterocycles. The summed E-state index contributed by atoms with van der Waals surface area (Å²) in [4.78, 5) is 29.8. The van der Waals surface area contributed by atoms with Crippen molar-refractivity contribution >= 4 is 23.2 Å². The number of carbonyl (C=O) groups is 2. The Morgan fingerprint density at radius 3 is 2.93 bits per heavy atom. The molecule has 0 radical (unpaired) electrons. The van der Waals surface area contributed by atoms with Crippen LogP contribution in [0.15, 0.2) is 9.90 Å². The first kappa shape index (κ1) is 19.1. The summed E-state index contributed by atoms with van der Waals surface area (Å²) in [5.74, 6) is 1.02. The minimum atomic E-state index is -0.00979. The lowest BCUT2D eigenvalue weighted by Gasteiger charge is -2.30. The zero-order chi connectivity index (χ0) is 19.8.